The van der Waals surface area contributed by atoms with Gasteiger partial charge in [-0.15, -0.1) is 0 Å². The number of hydrogen-bond acceptors (Lipinski definition) is 2. The van der Waals surface area contributed by atoms with Crippen molar-refractivity contribution in [3.63, 3.8) is 0 Å². The Kier molecular flexibility index (Phi) is 6.92. The molecule has 4 nitrogen and oxygen atoms in total. The molecular formula is C23H34N2O2. The van der Waals surface area contributed by atoms with E-state index in [1.807, 2.05) is 18.2 Å². The minimum atomic E-state index is 0.0523. The molecule has 1 heterocycles. The standard InChI is InChI=1S/C23H34N2O2/c1-16-11-12-19-15-20(23(27)25-22(19)17(16)2)13-14-24-21(26)10-6-9-18-7-4-3-5-8-18/h3-5,7-8,16-17,19-20,22H,6,9-15H2,1-2H3,(H,24,26)(H,25,27). The van der Waals surface area contributed by atoms with E-state index in [4.69, 9.17) is 0 Å². The highest BCUT2D eigenvalue weighted by Gasteiger charge is 2.41. The molecule has 0 radical (unpaired) electrons. The van der Waals surface area contributed by atoms with Crippen molar-refractivity contribution in [2.75, 3.05) is 6.54 Å². The van der Waals surface area contributed by atoms with Gasteiger partial charge in [0, 0.05) is 24.9 Å². The molecule has 2 aliphatic rings. The Morgan fingerprint density at radius 1 is 1.19 bits per heavy atom. The van der Waals surface area contributed by atoms with Crippen molar-refractivity contribution in [1.29, 1.82) is 0 Å². The average Bonchev–Trinajstić information content (AvgIpc) is 2.67. The van der Waals surface area contributed by atoms with Crippen LogP contribution in [0.4, 0.5) is 0 Å². The number of benzene rings is 1. The molecule has 27 heavy (non-hydrogen) atoms. The van der Waals surface area contributed by atoms with E-state index in [9.17, 15) is 9.59 Å². The van der Waals surface area contributed by atoms with E-state index in [-0.39, 0.29) is 17.7 Å². The highest BCUT2D eigenvalue weighted by atomic mass is 16.2. The lowest BCUT2D eigenvalue weighted by Gasteiger charge is -2.45. The molecule has 1 aromatic rings. The summed E-state index contributed by atoms with van der Waals surface area (Å²) < 4.78 is 0. The molecule has 1 aromatic carbocycles. The van der Waals surface area contributed by atoms with Crippen LogP contribution in [0.3, 0.4) is 0 Å². The van der Waals surface area contributed by atoms with Gasteiger partial charge in [0.05, 0.1) is 0 Å². The van der Waals surface area contributed by atoms with Crippen LogP contribution in [0.1, 0.15) is 57.9 Å². The maximum atomic E-state index is 12.5. The van der Waals surface area contributed by atoms with Crippen molar-refractivity contribution in [1.82, 2.24) is 10.6 Å². The average molecular weight is 371 g/mol. The van der Waals surface area contributed by atoms with Gasteiger partial charge in [0.2, 0.25) is 11.8 Å². The normalized spacial score (nSPS) is 30.3. The molecular weight excluding hydrogens is 336 g/mol. The zero-order valence-corrected chi connectivity index (χ0v) is 16.7. The van der Waals surface area contributed by atoms with Crippen LogP contribution < -0.4 is 10.6 Å². The Hall–Kier alpha value is -1.84. The van der Waals surface area contributed by atoms with Crippen LogP contribution in [-0.4, -0.2) is 24.4 Å². The van der Waals surface area contributed by atoms with Crippen LogP contribution in [-0.2, 0) is 16.0 Å². The number of fused-ring (bicyclic) bond motifs is 1. The molecule has 0 bridgehead atoms. The van der Waals surface area contributed by atoms with E-state index < -0.39 is 0 Å². The maximum absolute atomic E-state index is 12.5. The van der Waals surface area contributed by atoms with Crippen LogP contribution in [0.25, 0.3) is 0 Å². The van der Waals surface area contributed by atoms with Gasteiger partial charge in [-0.2, -0.15) is 0 Å². The summed E-state index contributed by atoms with van der Waals surface area (Å²) in [6.07, 6.45) is 6.56. The molecule has 5 unspecified atom stereocenters. The number of carbonyl (C=O) groups excluding carboxylic acids is 2. The predicted molar refractivity (Wildman–Crippen MR) is 108 cm³/mol. The molecule has 1 aliphatic heterocycles. The Bertz CT molecular complexity index is 631. The molecule has 2 N–H and O–H groups in total. The zero-order chi connectivity index (χ0) is 19.2. The van der Waals surface area contributed by atoms with E-state index in [0.29, 0.717) is 36.8 Å². The first-order valence-corrected chi connectivity index (χ1v) is 10.7. The van der Waals surface area contributed by atoms with Crippen molar-refractivity contribution in [3.8, 4) is 0 Å². The molecule has 5 atom stereocenters. The number of hydrogen-bond donors (Lipinski definition) is 2. The van der Waals surface area contributed by atoms with Gasteiger partial charge in [0.15, 0.2) is 0 Å². The summed E-state index contributed by atoms with van der Waals surface area (Å²) >= 11 is 0. The fourth-order valence-corrected chi connectivity index (χ4v) is 4.79. The van der Waals surface area contributed by atoms with Gasteiger partial charge < -0.3 is 10.6 Å². The lowest BCUT2D eigenvalue weighted by molar-refractivity contribution is -0.132. The highest BCUT2D eigenvalue weighted by molar-refractivity contribution is 5.80. The van der Waals surface area contributed by atoms with Crippen LogP contribution in [0.2, 0.25) is 0 Å². The third kappa shape index (κ3) is 5.33. The quantitative estimate of drug-likeness (QED) is 0.769. The number of amides is 2. The molecule has 4 heteroatoms. The first-order valence-electron chi connectivity index (χ1n) is 10.7. The fourth-order valence-electron chi connectivity index (χ4n) is 4.79. The lowest BCUT2D eigenvalue weighted by atomic mass is 9.67. The Morgan fingerprint density at radius 2 is 1.96 bits per heavy atom. The summed E-state index contributed by atoms with van der Waals surface area (Å²) in [5.74, 6) is 2.21. The molecule has 1 saturated heterocycles. The summed E-state index contributed by atoms with van der Waals surface area (Å²) in [4.78, 5) is 24.5. The fraction of sp³-hybridized carbons (Fsp3) is 0.652. The van der Waals surface area contributed by atoms with Gasteiger partial charge in [-0.25, -0.2) is 0 Å². The van der Waals surface area contributed by atoms with Gasteiger partial charge in [0.25, 0.3) is 0 Å². The monoisotopic (exact) mass is 370 g/mol. The number of carbonyl (C=O) groups is 2. The molecule has 148 valence electrons. The van der Waals surface area contributed by atoms with E-state index in [1.54, 1.807) is 0 Å². The third-order valence-electron chi connectivity index (χ3n) is 6.76. The Balaban J connectivity index is 1.35. The summed E-state index contributed by atoms with van der Waals surface area (Å²) in [6.45, 7) is 5.18. The van der Waals surface area contributed by atoms with Crippen molar-refractivity contribution in [2.45, 2.75) is 64.8 Å². The summed E-state index contributed by atoms with van der Waals surface area (Å²) in [5.41, 5.74) is 1.27. The van der Waals surface area contributed by atoms with Crippen molar-refractivity contribution >= 4 is 11.8 Å². The van der Waals surface area contributed by atoms with Crippen LogP contribution >= 0.6 is 0 Å². The number of aryl methyl sites for hydroxylation is 1. The molecule has 3 rings (SSSR count). The highest BCUT2D eigenvalue weighted by Crippen LogP contribution is 2.39. The molecule has 1 aliphatic carbocycles. The minimum Gasteiger partial charge on any atom is -0.356 e. The summed E-state index contributed by atoms with van der Waals surface area (Å²) in [5, 5.41) is 6.29. The lowest BCUT2D eigenvalue weighted by Crippen LogP contribution is -2.55. The van der Waals surface area contributed by atoms with Crippen molar-refractivity contribution in [2.24, 2.45) is 23.7 Å². The third-order valence-corrected chi connectivity index (χ3v) is 6.76. The first-order chi connectivity index (χ1) is 13.0. The topological polar surface area (TPSA) is 58.2 Å². The first kappa shape index (κ1) is 19.9. The van der Waals surface area contributed by atoms with E-state index in [0.717, 1.165) is 25.7 Å². The van der Waals surface area contributed by atoms with Crippen molar-refractivity contribution in [3.05, 3.63) is 35.9 Å². The Labute approximate surface area is 163 Å². The van der Waals surface area contributed by atoms with Gasteiger partial charge in [-0.05, 0) is 55.4 Å². The largest absolute Gasteiger partial charge is 0.356 e. The zero-order valence-electron chi connectivity index (χ0n) is 16.7. The maximum Gasteiger partial charge on any atom is 0.223 e. The van der Waals surface area contributed by atoms with Gasteiger partial charge in [-0.1, -0.05) is 50.6 Å². The second kappa shape index (κ2) is 9.38. The second-order valence-electron chi connectivity index (χ2n) is 8.62. The summed E-state index contributed by atoms with van der Waals surface area (Å²) in [6, 6.07) is 10.6. The number of piperidine rings is 1. The SMILES string of the molecule is CC1CCC2CC(CCNC(=O)CCCc3ccccc3)C(=O)NC2C1C. The minimum absolute atomic E-state index is 0.0523. The predicted octanol–water partition coefficient (Wildman–Crippen LogP) is 3.70. The van der Waals surface area contributed by atoms with E-state index in [2.05, 4.69) is 36.6 Å². The van der Waals surface area contributed by atoms with Crippen LogP contribution in [0.5, 0.6) is 0 Å². The van der Waals surface area contributed by atoms with E-state index in [1.165, 1.54) is 18.4 Å². The summed E-state index contributed by atoms with van der Waals surface area (Å²) in [7, 11) is 0. The number of nitrogens with one attached hydrogen (secondary N) is 2. The van der Waals surface area contributed by atoms with Crippen molar-refractivity contribution < 1.29 is 9.59 Å². The molecule has 2 fully saturated rings. The van der Waals surface area contributed by atoms with E-state index >= 15 is 0 Å². The smallest absolute Gasteiger partial charge is 0.223 e. The van der Waals surface area contributed by atoms with Gasteiger partial charge in [0.1, 0.15) is 0 Å². The Morgan fingerprint density at radius 3 is 2.74 bits per heavy atom. The molecule has 0 aromatic heterocycles. The van der Waals surface area contributed by atoms with Crippen LogP contribution in [0, 0.1) is 23.7 Å². The molecule has 0 spiro atoms. The molecule has 2 amide bonds. The van der Waals surface area contributed by atoms with Gasteiger partial charge >= 0.3 is 0 Å². The number of rotatable bonds is 7. The van der Waals surface area contributed by atoms with Gasteiger partial charge in [-0.3, -0.25) is 9.59 Å². The van der Waals surface area contributed by atoms with Crippen LogP contribution in [0.15, 0.2) is 30.3 Å². The second-order valence-corrected chi connectivity index (χ2v) is 8.62. The molecule has 1 saturated carbocycles.